The Kier molecular flexibility index (Phi) is 5.08. The van der Waals surface area contributed by atoms with Gasteiger partial charge in [0.2, 0.25) is 0 Å². The predicted octanol–water partition coefficient (Wildman–Crippen LogP) is 4.04. The maximum atomic E-state index is 12.8. The van der Waals surface area contributed by atoms with Gasteiger partial charge in [-0.3, -0.25) is 0 Å². The summed E-state index contributed by atoms with van der Waals surface area (Å²) in [5.41, 5.74) is 5.75. The average Bonchev–Trinajstić information content (AvgIpc) is 3.42. The zero-order chi connectivity index (χ0) is 20.9. The van der Waals surface area contributed by atoms with E-state index < -0.39 is 23.0 Å². The molecule has 0 saturated heterocycles. The first kappa shape index (κ1) is 20.0. The Bertz CT molecular complexity index is 965. The number of carbonyl (C=O) groups excluding carboxylic acids is 1. The van der Waals surface area contributed by atoms with Gasteiger partial charge < -0.3 is 19.4 Å². The van der Waals surface area contributed by atoms with Crippen LogP contribution in [0.4, 0.5) is 10.5 Å². The van der Waals surface area contributed by atoms with Crippen molar-refractivity contribution in [3.8, 4) is 0 Å². The van der Waals surface area contributed by atoms with Crippen molar-refractivity contribution in [2.24, 2.45) is 0 Å². The molecule has 2 unspecified atom stereocenters. The van der Waals surface area contributed by atoms with Gasteiger partial charge in [0.15, 0.2) is 0 Å². The van der Waals surface area contributed by atoms with E-state index in [1.54, 1.807) is 13.0 Å². The zero-order valence-corrected chi connectivity index (χ0v) is 18.1. The number of carbonyl (C=O) groups is 1. The molecule has 0 saturated carbocycles. The van der Waals surface area contributed by atoms with E-state index in [0.717, 1.165) is 57.1 Å². The van der Waals surface area contributed by atoms with Crippen LogP contribution in [0.3, 0.4) is 0 Å². The van der Waals surface area contributed by atoms with E-state index in [4.69, 9.17) is 4.42 Å². The molecular formula is C23H28N2O4S. The minimum absolute atomic E-state index is 0.181. The third-order valence-corrected chi connectivity index (χ3v) is 7.70. The van der Waals surface area contributed by atoms with Gasteiger partial charge in [-0.1, -0.05) is 6.07 Å². The summed E-state index contributed by atoms with van der Waals surface area (Å²) >= 11 is -1.83. The van der Waals surface area contributed by atoms with E-state index >= 15 is 0 Å². The van der Waals surface area contributed by atoms with Gasteiger partial charge in [-0.05, 0) is 87.0 Å². The van der Waals surface area contributed by atoms with Gasteiger partial charge >= 0.3 is 11.1 Å². The molecule has 3 aliphatic carbocycles. The quantitative estimate of drug-likeness (QED) is 0.508. The molecular weight excluding hydrogens is 400 g/mol. The molecule has 1 heterocycles. The maximum absolute atomic E-state index is 12.8. The average molecular weight is 429 g/mol. The number of urea groups is 1. The molecule has 2 aromatic rings. The maximum Gasteiger partial charge on any atom is 0.361 e. The summed E-state index contributed by atoms with van der Waals surface area (Å²) in [6, 6.07) is 3.46. The third kappa shape index (κ3) is 3.53. The van der Waals surface area contributed by atoms with Gasteiger partial charge in [0, 0.05) is 23.7 Å². The number of furan rings is 1. The predicted molar refractivity (Wildman–Crippen MR) is 115 cm³/mol. The highest BCUT2D eigenvalue weighted by molar-refractivity contribution is 7.89. The SMILES string of the molecule is CC1(O)CCCCc2oc([S+]([O-])NC(=O)Nc3c4c(cc5c3CCC5)CCC4)cc21. The van der Waals surface area contributed by atoms with Crippen LogP contribution < -0.4 is 10.0 Å². The van der Waals surface area contributed by atoms with Gasteiger partial charge in [0.25, 0.3) is 0 Å². The fraction of sp³-hybridized carbons (Fsp3) is 0.522. The number of fused-ring (bicyclic) bond motifs is 3. The second-order valence-corrected chi connectivity index (χ2v) is 10.1. The number of hydrogen-bond acceptors (Lipinski definition) is 4. The van der Waals surface area contributed by atoms with Crippen LogP contribution in [0.2, 0.25) is 0 Å². The Labute approximate surface area is 179 Å². The van der Waals surface area contributed by atoms with Gasteiger partial charge in [0.05, 0.1) is 5.60 Å². The highest BCUT2D eigenvalue weighted by Crippen LogP contribution is 2.39. The summed E-state index contributed by atoms with van der Waals surface area (Å²) in [5.74, 6) is 0.668. The Morgan fingerprint density at radius 3 is 2.47 bits per heavy atom. The van der Waals surface area contributed by atoms with Gasteiger partial charge in [0.1, 0.15) is 17.1 Å². The van der Waals surface area contributed by atoms with Crippen molar-refractivity contribution in [3.63, 3.8) is 0 Å². The van der Waals surface area contributed by atoms with E-state index in [1.807, 2.05) is 0 Å². The lowest BCUT2D eigenvalue weighted by Crippen LogP contribution is -2.34. The van der Waals surface area contributed by atoms with Crippen LogP contribution in [0.5, 0.6) is 0 Å². The molecule has 7 heteroatoms. The first-order valence-electron chi connectivity index (χ1n) is 10.9. The minimum atomic E-state index is -1.83. The van der Waals surface area contributed by atoms with Crippen LogP contribution in [0.25, 0.3) is 0 Å². The molecule has 0 aliphatic heterocycles. The second-order valence-electron chi connectivity index (χ2n) is 8.94. The summed E-state index contributed by atoms with van der Waals surface area (Å²) < 4.78 is 21.1. The fourth-order valence-corrected chi connectivity index (χ4v) is 5.99. The number of amides is 2. The smallest absolute Gasteiger partial charge is 0.361 e. The Morgan fingerprint density at radius 2 is 1.77 bits per heavy atom. The lowest BCUT2D eigenvalue weighted by molar-refractivity contribution is 0.0468. The number of aliphatic hydroxyl groups is 1. The first-order chi connectivity index (χ1) is 14.4. The lowest BCUT2D eigenvalue weighted by atomic mass is 9.94. The molecule has 0 spiro atoms. The van der Waals surface area contributed by atoms with E-state index in [1.165, 1.54) is 22.3 Å². The minimum Gasteiger partial charge on any atom is -0.585 e. The standard InChI is InChI=1S/C23H28N2O4S/c1-23(27)11-3-2-10-19-18(23)13-20(29-19)30(28)25-22(26)24-21-16-8-4-6-14(16)12-15-7-5-9-17(15)21/h12-13,27H,2-11H2,1H3,(H2,24,25,26). The van der Waals surface area contributed by atoms with Crippen LogP contribution in [0.1, 0.15) is 72.6 Å². The number of benzene rings is 1. The van der Waals surface area contributed by atoms with Crippen LogP contribution >= 0.6 is 0 Å². The van der Waals surface area contributed by atoms with E-state index in [2.05, 4.69) is 16.1 Å². The molecule has 30 heavy (non-hydrogen) atoms. The number of nitrogens with one attached hydrogen (secondary N) is 2. The van der Waals surface area contributed by atoms with Crippen LogP contribution in [0.15, 0.2) is 21.6 Å². The molecule has 3 aliphatic rings. The van der Waals surface area contributed by atoms with Crippen LogP contribution in [0, 0.1) is 0 Å². The lowest BCUT2D eigenvalue weighted by Gasteiger charge is -2.20. The molecule has 2 amide bonds. The largest absolute Gasteiger partial charge is 0.585 e. The van der Waals surface area contributed by atoms with Gasteiger partial charge in [-0.25, -0.2) is 4.79 Å². The Hall–Kier alpha value is -1.96. The molecule has 6 nitrogen and oxygen atoms in total. The number of anilines is 1. The monoisotopic (exact) mass is 428 g/mol. The van der Waals surface area contributed by atoms with Crippen molar-refractivity contribution in [1.29, 1.82) is 0 Å². The molecule has 0 fully saturated rings. The van der Waals surface area contributed by atoms with Crippen LogP contribution in [-0.4, -0.2) is 15.7 Å². The summed E-state index contributed by atoms with van der Waals surface area (Å²) in [5, 5.41) is 13.9. The molecule has 5 rings (SSSR count). The molecule has 0 radical (unpaired) electrons. The molecule has 1 aromatic carbocycles. The highest BCUT2D eigenvalue weighted by atomic mass is 32.2. The van der Waals surface area contributed by atoms with Crippen molar-refractivity contribution in [1.82, 2.24) is 4.72 Å². The van der Waals surface area contributed by atoms with Crippen molar-refractivity contribution < 1.29 is 18.9 Å². The Morgan fingerprint density at radius 1 is 1.07 bits per heavy atom. The van der Waals surface area contributed by atoms with Crippen molar-refractivity contribution in [2.45, 2.75) is 81.8 Å². The molecule has 160 valence electrons. The molecule has 2 atom stereocenters. The topological polar surface area (TPSA) is 97.6 Å². The van der Waals surface area contributed by atoms with E-state index in [0.29, 0.717) is 24.2 Å². The number of aryl methyl sites for hydroxylation is 3. The fourth-order valence-electron chi connectivity index (χ4n) is 5.27. The second kappa shape index (κ2) is 7.62. The number of hydrogen-bond donors (Lipinski definition) is 3. The summed E-state index contributed by atoms with van der Waals surface area (Å²) in [6.45, 7) is 1.76. The highest BCUT2D eigenvalue weighted by Gasteiger charge is 2.35. The molecule has 0 bridgehead atoms. The van der Waals surface area contributed by atoms with E-state index in [-0.39, 0.29) is 5.09 Å². The zero-order valence-electron chi connectivity index (χ0n) is 17.3. The Balaban J connectivity index is 1.34. The number of rotatable bonds is 3. The van der Waals surface area contributed by atoms with Gasteiger partial charge in [-0.15, -0.1) is 4.72 Å². The van der Waals surface area contributed by atoms with E-state index in [9.17, 15) is 14.5 Å². The summed E-state index contributed by atoms with van der Waals surface area (Å²) in [7, 11) is 0. The van der Waals surface area contributed by atoms with Crippen molar-refractivity contribution in [3.05, 3.63) is 45.7 Å². The van der Waals surface area contributed by atoms with Crippen molar-refractivity contribution >= 4 is 23.1 Å². The van der Waals surface area contributed by atoms with Crippen LogP contribution in [-0.2, 0) is 49.1 Å². The normalized spacial score (nSPS) is 23.3. The van der Waals surface area contributed by atoms with Gasteiger partial charge in [-0.2, -0.15) is 0 Å². The third-order valence-electron chi connectivity index (χ3n) is 6.76. The molecule has 1 aromatic heterocycles. The first-order valence-corrected chi connectivity index (χ1v) is 12.1. The molecule has 3 N–H and O–H groups in total. The van der Waals surface area contributed by atoms with Crippen molar-refractivity contribution in [2.75, 3.05) is 5.32 Å². The summed E-state index contributed by atoms with van der Waals surface area (Å²) in [4.78, 5) is 12.7. The summed E-state index contributed by atoms with van der Waals surface area (Å²) in [6.07, 6.45) is 9.47.